The van der Waals surface area contributed by atoms with Crippen molar-refractivity contribution in [1.29, 1.82) is 0 Å². The third-order valence-electron chi connectivity index (χ3n) is 3.51. The summed E-state index contributed by atoms with van der Waals surface area (Å²) >= 11 is 1.27. The van der Waals surface area contributed by atoms with E-state index in [1.807, 2.05) is 54.9 Å². The summed E-state index contributed by atoms with van der Waals surface area (Å²) in [7, 11) is -3.49. The number of imidazole rings is 1. The molecule has 1 aromatic carbocycles. The zero-order chi connectivity index (χ0) is 16.4. The number of aryl methyl sites for hydroxylation is 1. The van der Waals surface area contributed by atoms with Gasteiger partial charge in [0.1, 0.15) is 4.21 Å². The molecule has 3 rings (SSSR count). The molecule has 1 unspecified atom stereocenters. The zero-order valence-corrected chi connectivity index (χ0v) is 14.4. The summed E-state index contributed by atoms with van der Waals surface area (Å²) in [6.45, 7) is 3.73. The van der Waals surface area contributed by atoms with Gasteiger partial charge in [-0.25, -0.2) is 18.1 Å². The topological polar surface area (TPSA) is 64.0 Å². The van der Waals surface area contributed by atoms with Crippen LogP contribution in [0, 0.1) is 6.92 Å². The van der Waals surface area contributed by atoms with Crippen LogP contribution in [0.4, 0.5) is 0 Å². The first-order valence-electron chi connectivity index (χ1n) is 7.13. The Bertz CT molecular complexity index is 882. The lowest BCUT2D eigenvalue weighted by atomic mass is 10.1. The highest BCUT2D eigenvalue weighted by molar-refractivity contribution is 7.91. The molecular weight excluding hydrogens is 330 g/mol. The van der Waals surface area contributed by atoms with Gasteiger partial charge in [0.05, 0.1) is 6.33 Å². The molecule has 0 saturated heterocycles. The average molecular weight is 347 g/mol. The van der Waals surface area contributed by atoms with E-state index >= 15 is 0 Å². The Morgan fingerprint density at radius 2 is 1.91 bits per heavy atom. The molecule has 23 heavy (non-hydrogen) atoms. The first-order valence-corrected chi connectivity index (χ1v) is 9.43. The van der Waals surface area contributed by atoms with E-state index in [2.05, 4.69) is 9.71 Å². The standard InChI is InChI=1S/C16H17N3O2S2/c1-12-3-8-16(22-12)23(20,21)18-13(2)14-4-6-15(7-5-14)19-10-9-17-11-19/h3-11,13,18H,1-2H3. The minimum atomic E-state index is -3.49. The average Bonchev–Trinajstić information content (AvgIpc) is 3.18. The molecule has 0 aliphatic rings. The number of sulfonamides is 1. The summed E-state index contributed by atoms with van der Waals surface area (Å²) in [6, 6.07) is 10.9. The molecule has 3 aromatic rings. The lowest BCUT2D eigenvalue weighted by molar-refractivity contribution is 0.569. The second kappa shape index (κ2) is 6.27. The fourth-order valence-electron chi connectivity index (χ4n) is 2.26. The van der Waals surface area contributed by atoms with Crippen molar-refractivity contribution >= 4 is 21.4 Å². The monoisotopic (exact) mass is 347 g/mol. The first kappa shape index (κ1) is 15.9. The predicted molar refractivity (Wildman–Crippen MR) is 91.4 cm³/mol. The highest BCUT2D eigenvalue weighted by Crippen LogP contribution is 2.23. The van der Waals surface area contributed by atoms with Crippen molar-refractivity contribution in [3.63, 3.8) is 0 Å². The van der Waals surface area contributed by atoms with Gasteiger partial charge in [-0.15, -0.1) is 11.3 Å². The van der Waals surface area contributed by atoms with Gasteiger partial charge in [-0.1, -0.05) is 12.1 Å². The molecule has 120 valence electrons. The Kier molecular flexibility index (Phi) is 4.34. The van der Waals surface area contributed by atoms with Crippen LogP contribution < -0.4 is 4.72 Å². The van der Waals surface area contributed by atoms with E-state index in [-0.39, 0.29) is 6.04 Å². The Morgan fingerprint density at radius 3 is 2.48 bits per heavy atom. The maximum absolute atomic E-state index is 12.4. The number of thiophene rings is 1. The predicted octanol–water partition coefficient (Wildman–Crippen LogP) is 3.28. The number of nitrogens with one attached hydrogen (secondary N) is 1. The normalized spacial score (nSPS) is 13.1. The van der Waals surface area contributed by atoms with Crippen molar-refractivity contribution < 1.29 is 8.42 Å². The number of nitrogens with zero attached hydrogens (tertiary/aromatic N) is 2. The summed E-state index contributed by atoms with van der Waals surface area (Å²) < 4.78 is 29.7. The van der Waals surface area contributed by atoms with Crippen LogP contribution in [0.2, 0.25) is 0 Å². The molecule has 0 fully saturated rings. The van der Waals surface area contributed by atoms with Crippen molar-refractivity contribution in [3.8, 4) is 5.69 Å². The molecule has 2 heterocycles. The smallest absolute Gasteiger partial charge is 0.250 e. The lowest BCUT2D eigenvalue weighted by Gasteiger charge is -2.14. The van der Waals surface area contributed by atoms with Crippen molar-refractivity contribution in [2.24, 2.45) is 0 Å². The SMILES string of the molecule is Cc1ccc(S(=O)(=O)NC(C)c2ccc(-n3ccnc3)cc2)s1. The Morgan fingerprint density at radius 1 is 1.17 bits per heavy atom. The van der Waals surface area contributed by atoms with E-state index in [4.69, 9.17) is 0 Å². The highest BCUT2D eigenvalue weighted by atomic mass is 32.2. The minimum absolute atomic E-state index is 0.306. The van der Waals surface area contributed by atoms with Crippen LogP contribution >= 0.6 is 11.3 Å². The fourth-order valence-corrected chi connectivity index (χ4v) is 4.79. The molecule has 0 spiro atoms. The van der Waals surface area contributed by atoms with Crippen LogP contribution in [0.15, 0.2) is 59.3 Å². The summed E-state index contributed by atoms with van der Waals surface area (Å²) in [5.74, 6) is 0. The van der Waals surface area contributed by atoms with Crippen LogP contribution in [0.1, 0.15) is 23.4 Å². The van der Waals surface area contributed by atoms with E-state index in [1.54, 1.807) is 18.6 Å². The highest BCUT2D eigenvalue weighted by Gasteiger charge is 2.19. The van der Waals surface area contributed by atoms with Crippen LogP contribution in [0.3, 0.4) is 0 Å². The number of hydrogen-bond donors (Lipinski definition) is 1. The van der Waals surface area contributed by atoms with Crippen LogP contribution in [-0.4, -0.2) is 18.0 Å². The fraction of sp³-hybridized carbons (Fsp3) is 0.188. The van der Waals surface area contributed by atoms with Crippen LogP contribution in [0.25, 0.3) is 5.69 Å². The minimum Gasteiger partial charge on any atom is -0.306 e. The molecule has 1 atom stereocenters. The summed E-state index contributed by atoms with van der Waals surface area (Å²) in [5.41, 5.74) is 1.89. The van der Waals surface area contributed by atoms with Gasteiger partial charge < -0.3 is 4.57 Å². The largest absolute Gasteiger partial charge is 0.306 e. The number of aromatic nitrogens is 2. The second-order valence-corrected chi connectivity index (χ2v) is 8.50. The number of rotatable bonds is 5. The second-order valence-electron chi connectivity index (χ2n) is 5.27. The summed E-state index contributed by atoms with van der Waals surface area (Å²) in [5, 5.41) is 0. The van der Waals surface area contributed by atoms with Crippen molar-refractivity contribution in [2.45, 2.75) is 24.1 Å². The summed E-state index contributed by atoms with van der Waals surface area (Å²) in [6.07, 6.45) is 5.30. The number of benzene rings is 1. The molecule has 0 aliphatic heterocycles. The molecular formula is C16H17N3O2S2. The molecule has 0 radical (unpaired) electrons. The molecule has 2 aromatic heterocycles. The summed E-state index contributed by atoms with van der Waals surface area (Å²) in [4.78, 5) is 4.99. The lowest BCUT2D eigenvalue weighted by Crippen LogP contribution is -2.26. The van der Waals surface area contributed by atoms with Gasteiger partial charge in [-0.05, 0) is 43.7 Å². The van der Waals surface area contributed by atoms with Gasteiger partial charge in [-0.2, -0.15) is 0 Å². The Hall–Kier alpha value is -1.96. The third-order valence-corrected chi connectivity index (χ3v) is 6.54. The van der Waals surface area contributed by atoms with E-state index < -0.39 is 10.0 Å². The van der Waals surface area contributed by atoms with E-state index in [0.29, 0.717) is 4.21 Å². The van der Waals surface area contributed by atoms with Gasteiger partial charge in [-0.3, -0.25) is 0 Å². The molecule has 5 nitrogen and oxygen atoms in total. The zero-order valence-electron chi connectivity index (χ0n) is 12.8. The van der Waals surface area contributed by atoms with Crippen molar-refractivity contribution in [2.75, 3.05) is 0 Å². The van der Waals surface area contributed by atoms with Gasteiger partial charge in [0.15, 0.2) is 0 Å². The van der Waals surface area contributed by atoms with E-state index in [1.165, 1.54) is 11.3 Å². The Labute approximate surface area is 139 Å². The molecule has 7 heteroatoms. The number of hydrogen-bond acceptors (Lipinski definition) is 4. The third kappa shape index (κ3) is 3.52. The van der Waals surface area contributed by atoms with Gasteiger partial charge in [0.25, 0.3) is 10.0 Å². The molecule has 1 N–H and O–H groups in total. The quantitative estimate of drug-likeness (QED) is 0.770. The van der Waals surface area contributed by atoms with E-state index in [0.717, 1.165) is 16.1 Å². The molecule has 0 aliphatic carbocycles. The molecule has 0 amide bonds. The first-order chi connectivity index (χ1) is 11.0. The maximum Gasteiger partial charge on any atom is 0.250 e. The molecule has 0 bridgehead atoms. The van der Waals surface area contributed by atoms with Gasteiger partial charge >= 0.3 is 0 Å². The van der Waals surface area contributed by atoms with Crippen molar-refractivity contribution in [3.05, 3.63) is 65.6 Å². The van der Waals surface area contributed by atoms with Gasteiger partial charge in [0.2, 0.25) is 0 Å². The Balaban J connectivity index is 1.77. The maximum atomic E-state index is 12.4. The van der Waals surface area contributed by atoms with Crippen LogP contribution in [0.5, 0.6) is 0 Å². The van der Waals surface area contributed by atoms with E-state index in [9.17, 15) is 8.42 Å². The van der Waals surface area contributed by atoms with Crippen LogP contribution in [-0.2, 0) is 10.0 Å². The van der Waals surface area contributed by atoms with Gasteiger partial charge in [0, 0.05) is 29.0 Å². The van der Waals surface area contributed by atoms with Crippen molar-refractivity contribution in [1.82, 2.24) is 14.3 Å². The molecule has 0 saturated carbocycles.